The molecule has 8 nitrogen and oxygen atoms in total. The predicted octanol–water partition coefficient (Wildman–Crippen LogP) is 2.06. The van der Waals surface area contributed by atoms with Gasteiger partial charge < -0.3 is 11.1 Å². The molecule has 0 spiro atoms. The van der Waals surface area contributed by atoms with E-state index in [0.29, 0.717) is 5.02 Å². The van der Waals surface area contributed by atoms with Gasteiger partial charge in [-0.05, 0) is 45.9 Å². The quantitative estimate of drug-likeness (QED) is 0.673. The second-order valence-corrected chi connectivity index (χ2v) is 10.2. The van der Waals surface area contributed by atoms with Gasteiger partial charge in [-0.15, -0.1) is 0 Å². The van der Waals surface area contributed by atoms with Crippen LogP contribution < -0.4 is 11.1 Å². The highest BCUT2D eigenvalue weighted by atomic mass is 35.5. The molecule has 2 rings (SSSR count). The number of halogens is 2. The molecule has 1 aromatic rings. The number of amidine groups is 1. The van der Waals surface area contributed by atoms with E-state index in [2.05, 4.69) is 20.3 Å². The van der Waals surface area contributed by atoms with Crippen LogP contribution in [-0.4, -0.2) is 53.6 Å². The second kappa shape index (κ2) is 8.19. The summed E-state index contributed by atoms with van der Waals surface area (Å²) >= 11 is 5.73. The third kappa shape index (κ3) is 4.64. The summed E-state index contributed by atoms with van der Waals surface area (Å²) in [5.74, 6) is -1.90. The molecule has 1 aromatic heterocycles. The number of aromatic nitrogens is 1. The Morgan fingerprint density at radius 2 is 2.07 bits per heavy atom. The van der Waals surface area contributed by atoms with E-state index in [1.807, 2.05) is 0 Å². The lowest BCUT2D eigenvalue weighted by molar-refractivity contribution is 0.0950. The van der Waals surface area contributed by atoms with Crippen LogP contribution in [0.3, 0.4) is 0 Å². The molecule has 2 heterocycles. The zero-order valence-electron chi connectivity index (χ0n) is 16.5. The van der Waals surface area contributed by atoms with Gasteiger partial charge in [0, 0.05) is 6.20 Å². The van der Waals surface area contributed by atoms with Gasteiger partial charge in [0.25, 0.3) is 5.91 Å². The normalized spacial score (nSPS) is 24.0. The van der Waals surface area contributed by atoms with Crippen molar-refractivity contribution >= 4 is 38.9 Å². The summed E-state index contributed by atoms with van der Waals surface area (Å²) in [5.41, 5.74) is 4.25. The van der Waals surface area contributed by atoms with E-state index >= 15 is 0 Å². The molecule has 1 atom stereocenters. The van der Waals surface area contributed by atoms with E-state index in [0.717, 1.165) is 6.08 Å². The molecule has 0 saturated carbocycles. The fraction of sp³-hybridized carbons (Fsp3) is 0.444. The molecule has 0 radical (unpaired) electrons. The zero-order chi connectivity index (χ0) is 22.0. The topological polar surface area (TPSA) is 127 Å². The minimum absolute atomic E-state index is 0.105. The minimum atomic E-state index is -3.73. The molecule has 0 fully saturated rings. The smallest absolute Gasteiger partial charge is 0.271 e. The summed E-state index contributed by atoms with van der Waals surface area (Å²) < 4.78 is 38.6. The highest BCUT2D eigenvalue weighted by Crippen LogP contribution is 2.32. The van der Waals surface area contributed by atoms with Crippen molar-refractivity contribution in [2.75, 3.05) is 12.4 Å². The molecule has 0 bridgehead atoms. The van der Waals surface area contributed by atoms with Gasteiger partial charge in [-0.1, -0.05) is 11.6 Å². The standard InChI is InChI=1S/C18H23ClFN5O3S/c1-5-12(20)14(18(4)9-29(27,28)17(2,3)16(21)25-18)23-10-24-15(26)13-7-6-11(19)8-22-13/h5-8H,9-10H2,1-4H3,(H2,21,25)(H,24,26)/b12-5+,23-14?/t18-/m0/s1. The number of carbonyl (C=O) groups is 1. The Morgan fingerprint density at radius 1 is 1.41 bits per heavy atom. The van der Waals surface area contributed by atoms with E-state index in [1.54, 1.807) is 0 Å². The van der Waals surface area contributed by atoms with Gasteiger partial charge in [-0.3, -0.25) is 14.8 Å². The average molecular weight is 444 g/mol. The minimum Gasteiger partial charge on any atom is -0.386 e. The van der Waals surface area contributed by atoms with Crippen LogP contribution in [0.25, 0.3) is 0 Å². The third-order valence-corrected chi connectivity index (χ3v) is 7.59. The molecular formula is C18H23ClFN5O3S. The van der Waals surface area contributed by atoms with Gasteiger partial charge in [-0.25, -0.2) is 17.8 Å². The highest BCUT2D eigenvalue weighted by molar-refractivity contribution is 7.93. The van der Waals surface area contributed by atoms with Crippen molar-refractivity contribution in [1.82, 2.24) is 10.3 Å². The maximum atomic E-state index is 14.6. The number of carbonyl (C=O) groups excluding carboxylic acids is 1. The molecule has 1 amide bonds. The van der Waals surface area contributed by atoms with E-state index in [4.69, 9.17) is 17.3 Å². The molecule has 1 aliphatic rings. The molecule has 0 aliphatic carbocycles. The molecule has 0 unspecified atom stereocenters. The summed E-state index contributed by atoms with van der Waals surface area (Å²) in [5, 5.41) is 2.85. The van der Waals surface area contributed by atoms with Crippen LogP contribution in [0, 0.1) is 0 Å². The monoisotopic (exact) mass is 443 g/mol. The highest BCUT2D eigenvalue weighted by Gasteiger charge is 2.50. The first-order chi connectivity index (χ1) is 13.3. The Balaban J connectivity index is 2.33. The van der Waals surface area contributed by atoms with Crippen LogP contribution in [0.2, 0.25) is 5.02 Å². The maximum absolute atomic E-state index is 14.6. The summed E-state index contributed by atoms with van der Waals surface area (Å²) in [6.07, 6.45) is 2.46. The number of nitrogens with one attached hydrogen (secondary N) is 1. The summed E-state index contributed by atoms with van der Waals surface area (Å²) in [6, 6.07) is 2.93. The van der Waals surface area contributed by atoms with Gasteiger partial charge in [-0.2, -0.15) is 0 Å². The molecule has 29 heavy (non-hydrogen) atoms. The SMILES string of the molecule is C/C=C(/F)C(=NCNC(=O)c1ccc(Cl)cn1)[C@]1(C)CS(=O)(=O)C(C)(C)C(N)=N1. The molecular weight excluding hydrogens is 421 g/mol. The van der Waals surface area contributed by atoms with Gasteiger partial charge in [0.05, 0.1) is 10.8 Å². The summed E-state index contributed by atoms with van der Waals surface area (Å²) in [6.45, 7) is 5.47. The lowest BCUT2D eigenvalue weighted by atomic mass is 9.96. The van der Waals surface area contributed by atoms with E-state index in [1.165, 1.54) is 46.0 Å². The summed E-state index contributed by atoms with van der Waals surface area (Å²) in [4.78, 5) is 24.4. The number of aliphatic imine (C=N–C) groups is 2. The molecule has 11 heteroatoms. The predicted molar refractivity (Wildman–Crippen MR) is 112 cm³/mol. The number of nitrogens with two attached hydrogens (primary N) is 1. The van der Waals surface area contributed by atoms with Crippen LogP contribution >= 0.6 is 11.6 Å². The number of hydrogen-bond donors (Lipinski definition) is 2. The number of pyridine rings is 1. The Bertz CT molecular complexity index is 1000. The van der Waals surface area contributed by atoms with Gasteiger partial charge in [0.1, 0.15) is 40.0 Å². The fourth-order valence-corrected chi connectivity index (χ4v) is 4.47. The van der Waals surface area contributed by atoms with Crippen LogP contribution in [0.5, 0.6) is 0 Å². The van der Waals surface area contributed by atoms with Gasteiger partial charge in [0.15, 0.2) is 9.84 Å². The largest absolute Gasteiger partial charge is 0.386 e. The first kappa shape index (κ1) is 23.0. The lowest BCUT2D eigenvalue weighted by Crippen LogP contribution is -2.58. The molecule has 158 valence electrons. The van der Waals surface area contributed by atoms with Gasteiger partial charge >= 0.3 is 0 Å². The van der Waals surface area contributed by atoms with E-state index in [-0.39, 0.29) is 23.9 Å². The average Bonchev–Trinajstić information content (AvgIpc) is 2.63. The Labute approximate surface area is 174 Å². The van der Waals surface area contributed by atoms with Crippen molar-refractivity contribution < 1.29 is 17.6 Å². The van der Waals surface area contributed by atoms with Crippen molar-refractivity contribution in [3.8, 4) is 0 Å². The zero-order valence-corrected chi connectivity index (χ0v) is 18.1. The number of hydrogen-bond acceptors (Lipinski definition) is 7. The van der Waals surface area contributed by atoms with Crippen molar-refractivity contribution in [3.63, 3.8) is 0 Å². The van der Waals surface area contributed by atoms with E-state index < -0.39 is 37.6 Å². The second-order valence-electron chi connectivity index (χ2n) is 7.21. The van der Waals surface area contributed by atoms with Crippen molar-refractivity contribution in [2.24, 2.45) is 15.7 Å². The Morgan fingerprint density at radius 3 is 2.59 bits per heavy atom. The maximum Gasteiger partial charge on any atom is 0.271 e. The first-order valence-corrected chi connectivity index (χ1v) is 10.7. The van der Waals surface area contributed by atoms with Crippen molar-refractivity contribution in [1.29, 1.82) is 0 Å². The van der Waals surface area contributed by atoms with Crippen molar-refractivity contribution in [2.45, 2.75) is 38.0 Å². The third-order valence-electron chi connectivity index (χ3n) is 4.66. The molecule has 3 N–H and O–H groups in total. The number of allylic oxidation sites excluding steroid dienone is 1. The van der Waals surface area contributed by atoms with Crippen LogP contribution in [0.4, 0.5) is 4.39 Å². The fourth-order valence-electron chi connectivity index (χ4n) is 2.69. The Kier molecular flexibility index (Phi) is 6.48. The van der Waals surface area contributed by atoms with Crippen LogP contribution in [-0.2, 0) is 9.84 Å². The number of amides is 1. The van der Waals surface area contributed by atoms with Crippen molar-refractivity contribution in [3.05, 3.63) is 40.9 Å². The molecule has 1 aliphatic heterocycles. The number of rotatable bonds is 5. The number of nitrogens with zero attached hydrogens (tertiary/aromatic N) is 3. The summed E-state index contributed by atoms with van der Waals surface area (Å²) in [7, 11) is -3.73. The lowest BCUT2D eigenvalue weighted by Gasteiger charge is -2.37. The van der Waals surface area contributed by atoms with Crippen LogP contribution in [0.1, 0.15) is 38.2 Å². The van der Waals surface area contributed by atoms with E-state index in [9.17, 15) is 17.6 Å². The number of sulfone groups is 1. The molecule has 0 aromatic carbocycles. The van der Waals surface area contributed by atoms with Crippen LogP contribution in [0.15, 0.2) is 40.2 Å². The Hall–Kier alpha value is -2.33. The first-order valence-electron chi connectivity index (χ1n) is 8.69. The van der Waals surface area contributed by atoms with Gasteiger partial charge in [0.2, 0.25) is 0 Å². The molecule has 0 saturated heterocycles.